The summed E-state index contributed by atoms with van der Waals surface area (Å²) in [6, 6.07) is 9.71. The van der Waals surface area contributed by atoms with Gasteiger partial charge in [-0.15, -0.1) is 0 Å². The minimum atomic E-state index is 0. The molecule has 0 fully saturated rings. The third-order valence-corrected chi connectivity index (χ3v) is 1.13. The fourth-order valence-electron chi connectivity index (χ4n) is 0.687. The topological polar surface area (TPSA) is 32.3 Å². The van der Waals surface area contributed by atoms with Crippen molar-refractivity contribution in [2.24, 2.45) is 0 Å². The second kappa shape index (κ2) is 7.25. The van der Waals surface area contributed by atoms with Crippen molar-refractivity contribution in [1.82, 2.24) is 5.48 Å². The van der Waals surface area contributed by atoms with E-state index in [-0.39, 0.29) is 1.43 Å². The van der Waals surface area contributed by atoms with E-state index in [4.69, 9.17) is 5.21 Å². The second-order valence-electron chi connectivity index (χ2n) is 1.82. The van der Waals surface area contributed by atoms with Crippen LogP contribution in [0.4, 0.5) is 0 Å². The predicted octanol–water partition coefficient (Wildman–Crippen LogP) is 2.44. The Hall–Kier alpha value is -0.860. The Morgan fingerprint density at radius 2 is 1.82 bits per heavy atom. The first-order valence-corrected chi connectivity index (χ1v) is 3.84. The van der Waals surface area contributed by atoms with E-state index in [0.717, 1.165) is 5.56 Å². The number of hydrogen-bond acceptors (Lipinski definition) is 2. The first-order chi connectivity index (χ1) is 5.43. The molecule has 1 aromatic carbocycles. The van der Waals surface area contributed by atoms with Gasteiger partial charge in [-0.1, -0.05) is 44.2 Å². The second-order valence-corrected chi connectivity index (χ2v) is 1.82. The van der Waals surface area contributed by atoms with Crippen molar-refractivity contribution in [3.8, 4) is 0 Å². The minimum Gasteiger partial charge on any atom is -0.316 e. The molecule has 0 heterocycles. The first-order valence-electron chi connectivity index (χ1n) is 3.84. The van der Waals surface area contributed by atoms with E-state index >= 15 is 0 Å². The molecule has 0 aliphatic carbocycles. The monoisotopic (exact) mass is 155 g/mol. The molecule has 2 heteroatoms. The van der Waals surface area contributed by atoms with Crippen molar-refractivity contribution in [3.63, 3.8) is 0 Å². The summed E-state index contributed by atoms with van der Waals surface area (Å²) in [5.74, 6) is 0. The lowest BCUT2D eigenvalue weighted by atomic mass is 10.2. The van der Waals surface area contributed by atoms with Crippen molar-refractivity contribution >= 4 is 0 Å². The summed E-state index contributed by atoms with van der Waals surface area (Å²) in [5, 5.41) is 8.27. The summed E-state index contributed by atoms with van der Waals surface area (Å²) in [6.45, 7) is 4.51. The molecule has 0 amide bonds. The molecule has 0 unspecified atom stereocenters. The van der Waals surface area contributed by atoms with Gasteiger partial charge in [-0.25, -0.2) is 5.48 Å². The zero-order chi connectivity index (χ0) is 8.53. The Kier molecular flexibility index (Phi) is 6.68. The van der Waals surface area contributed by atoms with E-state index in [0.29, 0.717) is 6.54 Å². The molecule has 1 rings (SSSR count). The van der Waals surface area contributed by atoms with Crippen LogP contribution in [0.1, 0.15) is 20.8 Å². The molecule has 0 aliphatic heterocycles. The highest BCUT2D eigenvalue weighted by atomic mass is 16.5. The number of hydroxylamine groups is 1. The zero-order valence-electron chi connectivity index (χ0n) is 7.04. The lowest BCUT2D eigenvalue weighted by molar-refractivity contribution is 0.161. The zero-order valence-corrected chi connectivity index (χ0v) is 7.04. The average molecular weight is 155 g/mol. The number of hydrogen-bond donors (Lipinski definition) is 2. The maximum atomic E-state index is 8.27. The molecule has 0 saturated carbocycles. The molecular formula is C9H17NO. The van der Waals surface area contributed by atoms with E-state index < -0.39 is 0 Å². The van der Waals surface area contributed by atoms with Crippen LogP contribution in [0.25, 0.3) is 0 Å². The molecule has 2 N–H and O–H groups in total. The Morgan fingerprint density at radius 3 is 2.27 bits per heavy atom. The maximum Gasteiger partial charge on any atom is 0.0458 e. The number of rotatable bonds is 2. The number of benzene rings is 1. The largest absolute Gasteiger partial charge is 0.316 e. The van der Waals surface area contributed by atoms with E-state index in [1.807, 2.05) is 44.2 Å². The van der Waals surface area contributed by atoms with Gasteiger partial charge in [0.05, 0.1) is 0 Å². The minimum absolute atomic E-state index is 0. The van der Waals surface area contributed by atoms with Gasteiger partial charge < -0.3 is 5.21 Å². The third kappa shape index (κ3) is 4.53. The van der Waals surface area contributed by atoms with Gasteiger partial charge in [0, 0.05) is 7.97 Å². The highest BCUT2D eigenvalue weighted by Gasteiger charge is 1.84. The summed E-state index contributed by atoms with van der Waals surface area (Å²) in [7, 11) is 0. The van der Waals surface area contributed by atoms with Gasteiger partial charge in [-0.2, -0.15) is 0 Å². The van der Waals surface area contributed by atoms with Gasteiger partial charge >= 0.3 is 0 Å². The Balaban J connectivity index is 0. The maximum absolute atomic E-state index is 8.27. The van der Waals surface area contributed by atoms with Crippen LogP contribution in [0, 0.1) is 0 Å². The van der Waals surface area contributed by atoms with Crippen LogP contribution < -0.4 is 5.48 Å². The smallest absolute Gasteiger partial charge is 0.0458 e. The van der Waals surface area contributed by atoms with Gasteiger partial charge in [0.1, 0.15) is 0 Å². The molecule has 0 spiro atoms. The van der Waals surface area contributed by atoms with E-state index in [2.05, 4.69) is 5.48 Å². The van der Waals surface area contributed by atoms with Crippen molar-refractivity contribution in [3.05, 3.63) is 35.9 Å². The van der Waals surface area contributed by atoms with Crippen LogP contribution >= 0.6 is 0 Å². The quantitative estimate of drug-likeness (QED) is 0.643. The summed E-state index contributed by atoms with van der Waals surface area (Å²) >= 11 is 0. The molecule has 0 bridgehead atoms. The fourth-order valence-corrected chi connectivity index (χ4v) is 0.687. The van der Waals surface area contributed by atoms with Crippen LogP contribution in [-0.4, -0.2) is 5.21 Å². The van der Waals surface area contributed by atoms with Gasteiger partial charge in [0.25, 0.3) is 0 Å². The molecule has 0 radical (unpaired) electrons. The summed E-state index contributed by atoms with van der Waals surface area (Å²) < 4.78 is 0. The van der Waals surface area contributed by atoms with Gasteiger partial charge in [-0.3, -0.25) is 0 Å². The van der Waals surface area contributed by atoms with E-state index in [1.165, 1.54) is 0 Å². The van der Waals surface area contributed by atoms with Crippen molar-refractivity contribution < 1.29 is 6.63 Å². The molecular weight excluding hydrogens is 138 g/mol. The summed E-state index contributed by atoms with van der Waals surface area (Å²) in [4.78, 5) is 0. The lowest BCUT2D eigenvalue weighted by Gasteiger charge is -1.94. The van der Waals surface area contributed by atoms with Crippen LogP contribution in [0.15, 0.2) is 30.3 Å². The molecule has 0 aliphatic rings. The van der Waals surface area contributed by atoms with Crippen molar-refractivity contribution in [2.75, 3.05) is 0 Å². The summed E-state index contributed by atoms with van der Waals surface area (Å²) in [5.41, 5.74) is 3.17. The molecule has 0 saturated heterocycles. The Bertz CT molecular complexity index is 167. The van der Waals surface area contributed by atoms with Crippen molar-refractivity contribution in [1.29, 1.82) is 0 Å². The van der Waals surface area contributed by atoms with E-state index in [1.54, 1.807) is 0 Å². The van der Waals surface area contributed by atoms with Crippen LogP contribution in [0.2, 0.25) is 0 Å². The predicted molar refractivity (Wildman–Crippen MR) is 48.5 cm³/mol. The van der Waals surface area contributed by atoms with Gasteiger partial charge in [0.15, 0.2) is 0 Å². The highest BCUT2D eigenvalue weighted by molar-refractivity contribution is 5.13. The fraction of sp³-hybridized carbons (Fsp3) is 0.333. The third-order valence-electron chi connectivity index (χ3n) is 1.13. The molecule has 11 heavy (non-hydrogen) atoms. The number of nitrogens with one attached hydrogen (secondary N) is 1. The van der Waals surface area contributed by atoms with E-state index in [9.17, 15) is 0 Å². The molecule has 0 atom stereocenters. The van der Waals surface area contributed by atoms with Crippen molar-refractivity contribution in [2.45, 2.75) is 20.4 Å². The molecule has 1 aromatic rings. The highest BCUT2D eigenvalue weighted by Crippen LogP contribution is 1.95. The lowest BCUT2D eigenvalue weighted by Crippen LogP contribution is -2.05. The average Bonchev–Trinajstić information content (AvgIpc) is 2.11. The normalized spacial score (nSPS) is 8.27. The van der Waals surface area contributed by atoms with Crippen LogP contribution in [0.5, 0.6) is 0 Å². The molecule has 2 nitrogen and oxygen atoms in total. The Labute approximate surface area is 69.3 Å². The van der Waals surface area contributed by atoms with Crippen LogP contribution in [0.3, 0.4) is 0 Å². The Morgan fingerprint density at radius 1 is 1.27 bits per heavy atom. The van der Waals surface area contributed by atoms with Gasteiger partial charge in [0.2, 0.25) is 0 Å². The SMILES string of the molecule is CC.ONCc1ccccc1.[HH]. The summed E-state index contributed by atoms with van der Waals surface area (Å²) in [6.07, 6.45) is 0. The first kappa shape index (κ1) is 10.1. The van der Waals surface area contributed by atoms with Crippen LogP contribution in [-0.2, 0) is 6.54 Å². The standard InChI is InChI=1S/C7H9NO.C2H6.H2/c9-8-6-7-4-2-1-3-5-7;1-2;/h1-5,8-9H,6H2;1-2H3;1H. The van der Waals surface area contributed by atoms with Gasteiger partial charge in [-0.05, 0) is 5.56 Å². The molecule has 64 valence electrons. The molecule has 0 aromatic heterocycles.